The fourth-order valence-corrected chi connectivity index (χ4v) is 2.75. The lowest BCUT2D eigenvalue weighted by molar-refractivity contribution is -0.148. The summed E-state index contributed by atoms with van der Waals surface area (Å²) in [6.45, 7) is 0.111. The molecule has 1 aromatic carbocycles. The molecule has 128 valence electrons. The highest BCUT2D eigenvalue weighted by Gasteiger charge is 2.33. The number of hydrogen-bond acceptors (Lipinski definition) is 3. The van der Waals surface area contributed by atoms with Crippen molar-refractivity contribution in [3.05, 3.63) is 48.3 Å². The third kappa shape index (κ3) is 3.94. The summed E-state index contributed by atoms with van der Waals surface area (Å²) < 4.78 is 38.9. The molecule has 1 amide bonds. The standard InChI is InChI=1S/C16H17F3N4O/c17-16(18,19)12-21-7-9-22(10-8-21)15(24)13-3-1-4-14(11-13)23-6-2-5-20-23/h1-6,11H,7-10,12H2. The van der Waals surface area contributed by atoms with Crippen LogP contribution < -0.4 is 0 Å². The van der Waals surface area contributed by atoms with E-state index in [-0.39, 0.29) is 19.0 Å². The molecule has 0 aliphatic carbocycles. The minimum absolute atomic E-state index is 0.171. The van der Waals surface area contributed by atoms with Crippen molar-refractivity contribution in [1.82, 2.24) is 19.6 Å². The number of carbonyl (C=O) groups excluding carboxylic acids is 1. The molecule has 0 radical (unpaired) electrons. The molecule has 0 N–H and O–H groups in total. The van der Waals surface area contributed by atoms with Crippen LogP contribution >= 0.6 is 0 Å². The van der Waals surface area contributed by atoms with Gasteiger partial charge in [0.05, 0.1) is 12.2 Å². The van der Waals surface area contributed by atoms with Gasteiger partial charge in [-0.15, -0.1) is 0 Å². The van der Waals surface area contributed by atoms with Gasteiger partial charge < -0.3 is 4.90 Å². The first kappa shape index (κ1) is 16.5. The Morgan fingerprint density at radius 2 is 1.88 bits per heavy atom. The lowest BCUT2D eigenvalue weighted by Crippen LogP contribution is -2.50. The van der Waals surface area contributed by atoms with Gasteiger partial charge in [-0.3, -0.25) is 9.69 Å². The Morgan fingerprint density at radius 1 is 1.12 bits per heavy atom. The molecule has 2 aromatic rings. The first-order valence-corrected chi connectivity index (χ1v) is 7.61. The SMILES string of the molecule is O=C(c1cccc(-n2cccn2)c1)N1CCN(CC(F)(F)F)CC1. The van der Waals surface area contributed by atoms with Crippen LogP contribution in [0.2, 0.25) is 0 Å². The Kier molecular flexibility index (Phi) is 4.57. The number of alkyl halides is 3. The van der Waals surface area contributed by atoms with Crippen molar-refractivity contribution < 1.29 is 18.0 Å². The number of carbonyl (C=O) groups is 1. The highest BCUT2D eigenvalue weighted by molar-refractivity contribution is 5.94. The van der Waals surface area contributed by atoms with Crippen LogP contribution in [0.1, 0.15) is 10.4 Å². The summed E-state index contributed by atoms with van der Waals surface area (Å²) in [6, 6.07) is 8.83. The van der Waals surface area contributed by atoms with Gasteiger partial charge >= 0.3 is 6.18 Å². The number of benzene rings is 1. The quantitative estimate of drug-likeness (QED) is 0.862. The fourth-order valence-electron chi connectivity index (χ4n) is 2.75. The van der Waals surface area contributed by atoms with E-state index in [2.05, 4.69) is 5.10 Å². The summed E-state index contributed by atoms with van der Waals surface area (Å²) in [4.78, 5) is 15.5. The predicted octanol–water partition coefficient (Wildman–Crippen LogP) is 2.19. The van der Waals surface area contributed by atoms with Crippen molar-refractivity contribution in [3.8, 4) is 5.69 Å². The monoisotopic (exact) mass is 338 g/mol. The summed E-state index contributed by atoms with van der Waals surface area (Å²) in [5, 5.41) is 4.12. The molecule has 5 nitrogen and oxygen atoms in total. The zero-order valence-electron chi connectivity index (χ0n) is 12.9. The fraction of sp³-hybridized carbons (Fsp3) is 0.375. The molecule has 1 aromatic heterocycles. The molecule has 1 fully saturated rings. The molecule has 0 atom stereocenters. The Bertz CT molecular complexity index is 692. The molecule has 3 rings (SSSR count). The predicted molar refractivity (Wildman–Crippen MR) is 82.0 cm³/mol. The van der Waals surface area contributed by atoms with Gasteiger partial charge in [-0.2, -0.15) is 18.3 Å². The Labute approximate surface area is 137 Å². The van der Waals surface area contributed by atoms with Crippen LogP contribution in [0.15, 0.2) is 42.7 Å². The van der Waals surface area contributed by atoms with Crippen molar-refractivity contribution in [1.29, 1.82) is 0 Å². The Balaban J connectivity index is 1.65. The van der Waals surface area contributed by atoms with E-state index in [4.69, 9.17) is 0 Å². The van der Waals surface area contributed by atoms with Crippen molar-refractivity contribution >= 4 is 5.91 Å². The van der Waals surface area contributed by atoms with Gasteiger partial charge in [-0.1, -0.05) is 6.07 Å². The Hall–Kier alpha value is -2.35. The summed E-state index contributed by atoms with van der Waals surface area (Å²) in [6.07, 6.45) is -0.780. The molecular weight excluding hydrogens is 321 g/mol. The third-order valence-corrected chi connectivity index (χ3v) is 3.92. The number of piperazine rings is 1. The average molecular weight is 338 g/mol. The van der Waals surface area contributed by atoms with E-state index in [1.54, 1.807) is 46.2 Å². The van der Waals surface area contributed by atoms with Gasteiger partial charge in [0.25, 0.3) is 5.91 Å². The molecule has 0 unspecified atom stereocenters. The van der Waals surface area contributed by atoms with Crippen molar-refractivity contribution in [2.75, 3.05) is 32.7 Å². The topological polar surface area (TPSA) is 41.4 Å². The van der Waals surface area contributed by atoms with Crippen LogP contribution in [0.5, 0.6) is 0 Å². The largest absolute Gasteiger partial charge is 0.401 e. The third-order valence-electron chi connectivity index (χ3n) is 3.92. The summed E-state index contributed by atoms with van der Waals surface area (Å²) >= 11 is 0. The minimum atomic E-state index is -4.20. The van der Waals surface area contributed by atoms with Crippen LogP contribution in [0.3, 0.4) is 0 Å². The Morgan fingerprint density at radius 3 is 2.50 bits per heavy atom. The lowest BCUT2D eigenvalue weighted by atomic mass is 10.1. The molecule has 8 heteroatoms. The number of aromatic nitrogens is 2. The number of nitrogens with zero attached hydrogens (tertiary/aromatic N) is 4. The molecule has 24 heavy (non-hydrogen) atoms. The van der Waals surface area contributed by atoms with Crippen molar-refractivity contribution in [2.45, 2.75) is 6.18 Å². The second-order valence-electron chi connectivity index (χ2n) is 5.68. The summed E-state index contributed by atoms with van der Waals surface area (Å²) in [7, 11) is 0. The molecule has 0 bridgehead atoms. The van der Waals surface area contributed by atoms with E-state index in [9.17, 15) is 18.0 Å². The zero-order chi connectivity index (χ0) is 17.2. The van der Waals surface area contributed by atoms with E-state index in [0.717, 1.165) is 5.69 Å². The molecule has 1 aliphatic rings. The average Bonchev–Trinajstić information content (AvgIpc) is 3.08. The first-order valence-electron chi connectivity index (χ1n) is 7.61. The molecule has 1 aliphatic heterocycles. The maximum Gasteiger partial charge on any atom is 0.401 e. The number of amides is 1. The van der Waals surface area contributed by atoms with Gasteiger partial charge in [0.15, 0.2) is 0 Å². The summed E-state index contributed by atoms with van der Waals surface area (Å²) in [5.74, 6) is -0.171. The first-order chi connectivity index (χ1) is 11.4. The molecule has 0 spiro atoms. The van der Waals surface area contributed by atoms with Crippen LogP contribution in [-0.4, -0.2) is 64.4 Å². The van der Waals surface area contributed by atoms with Crippen LogP contribution in [0.4, 0.5) is 13.2 Å². The lowest BCUT2D eigenvalue weighted by Gasteiger charge is -2.35. The van der Waals surface area contributed by atoms with E-state index in [1.807, 2.05) is 6.07 Å². The minimum Gasteiger partial charge on any atom is -0.336 e. The highest BCUT2D eigenvalue weighted by Crippen LogP contribution is 2.18. The van der Waals surface area contributed by atoms with Gasteiger partial charge in [0.2, 0.25) is 0 Å². The highest BCUT2D eigenvalue weighted by atomic mass is 19.4. The summed E-state index contributed by atoms with van der Waals surface area (Å²) in [5.41, 5.74) is 1.27. The van der Waals surface area contributed by atoms with Crippen LogP contribution in [-0.2, 0) is 0 Å². The van der Waals surface area contributed by atoms with Crippen LogP contribution in [0, 0.1) is 0 Å². The molecule has 1 saturated heterocycles. The van der Waals surface area contributed by atoms with Crippen LogP contribution in [0.25, 0.3) is 5.69 Å². The van der Waals surface area contributed by atoms with E-state index < -0.39 is 12.7 Å². The molecule has 2 heterocycles. The zero-order valence-corrected chi connectivity index (χ0v) is 12.9. The normalized spacial score (nSPS) is 16.4. The van der Waals surface area contributed by atoms with Gasteiger partial charge in [-0.25, -0.2) is 4.68 Å². The second kappa shape index (κ2) is 6.64. The number of rotatable bonds is 3. The maximum atomic E-state index is 12.6. The second-order valence-corrected chi connectivity index (χ2v) is 5.68. The smallest absolute Gasteiger partial charge is 0.336 e. The van der Waals surface area contributed by atoms with E-state index in [0.29, 0.717) is 18.7 Å². The van der Waals surface area contributed by atoms with E-state index >= 15 is 0 Å². The number of halogens is 3. The van der Waals surface area contributed by atoms with Gasteiger partial charge in [0.1, 0.15) is 0 Å². The van der Waals surface area contributed by atoms with Crippen molar-refractivity contribution in [2.24, 2.45) is 0 Å². The maximum absolute atomic E-state index is 12.6. The molecule has 0 saturated carbocycles. The molecular formula is C16H17F3N4O. The van der Waals surface area contributed by atoms with Gasteiger partial charge in [0, 0.05) is 44.1 Å². The van der Waals surface area contributed by atoms with E-state index in [1.165, 1.54) is 4.90 Å². The number of hydrogen-bond donors (Lipinski definition) is 0. The van der Waals surface area contributed by atoms with Crippen molar-refractivity contribution in [3.63, 3.8) is 0 Å². The van der Waals surface area contributed by atoms with Gasteiger partial charge in [-0.05, 0) is 24.3 Å².